The average Bonchev–Trinajstić information content (AvgIpc) is 2.86. The molecule has 2 rings (SSSR count). The van der Waals surface area contributed by atoms with E-state index in [1.54, 1.807) is 24.1 Å². The monoisotopic (exact) mass is 234 g/mol. The van der Waals surface area contributed by atoms with Gasteiger partial charge < -0.3 is 5.32 Å². The predicted octanol–water partition coefficient (Wildman–Crippen LogP) is 0.914. The van der Waals surface area contributed by atoms with E-state index in [0.29, 0.717) is 11.5 Å². The third-order valence-electron chi connectivity index (χ3n) is 2.22. The zero-order chi connectivity index (χ0) is 12.4. The molecule has 0 aliphatic carbocycles. The van der Waals surface area contributed by atoms with Crippen LogP contribution in [0.5, 0.6) is 0 Å². The molecule has 2 aromatic rings. The highest BCUT2D eigenvalue weighted by atomic mass is 16.2. The van der Waals surface area contributed by atoms with E-state index in [4.69, 9.17) is 0 Å². The lowest BCUT2D eigenvalue weighted by atomic mass is 10.2. The van der Waals surface area contributed by atoms with E-state index in [2.05, 4.69) is 25.6 Å². The summed E-state index contributed by atoms with van der Waals surface area (Å²) in [6.07, 6.45) is 3.27. The van der Waals surface area contributed by atoms with Crippen LogP contribution in [0.4, 0.5) is 5.69 Å². The molecule has 0 unspecified atom stereocenters. The summed E-state index contributed by atoms with van der Waals surface area (Å²) >= 11 is 0. The zero-order valence-electron chi connectivity index (χ0n) is 9.93. The highest BCUT2D eigenvalue weighted by Gasteiger charge is 2.14. The number of amides is 1. The van der Waals surface area contributed by atoms with Gasteiger partial charge in [-0.2, -0.15) is 5.10 Å². The van der Waals surface area contributed by atoms with Crippen molar-refractivity contribution in [1.82, 2.24) is 25.0 Å². The van der Waals surface area contributed by atoms with Gasteiger partial charge in [0.1, 0.15) is 5.82 Å². The number of aromatic amines is 1. The second-order valence-electron chi connectivity index (χ2n) is 4.06. The third kappa shape index (κ3) is 2.49. The quantitative estimate of drug-likeness (QED) is 0.826. The number of carbonyl (C=O) groups excluding carboxylic acids is 1. The van der Waals surface area contributed by atoms with Crippen LogP contribution in [0.3, 0.4) is 0 Å². The Hall–Kier alpha value is -2.18. The van der Waals surface area contributed by atoms with E-state index in [1.165, 1.54) is 0 Å². The van der Waals surface area contributed by atoms with E-state index >= 15 is 0 Å². The lowest BCUT2D eigenvalue weighted by molar-refractivity contribution is 0.101. The molecule has 0 spiro atoms. The van der Waals surface area contributed by atoms with Crippen LogP contribution < -0.4 is 5.32 Å². The lowest BCUT2D eigenvalue weighted by Crippen LogP contribution is -2.13. The summed E-state index contributed by atoms with van der Waals surface area (Å²) in [6, 6.07) is 0. The van der Waals surface area contributed by atoms with Gasteiger partial charge in [-0.25, -0.2) is 4.98 Å². The first-order valence-electron chi connectivity index (χ1n) is 5.28. The zero-order valence-corrected chi connectivity index (χ0v) is 9.93. The number of nitrogens with zero attached hydrogens (tertiary/aromatic N) is 4. The Balaban J connectivity index is 2.09. The van der Waals surface area contributed by atoms with Crippen LogP contribution in [0.1, 0.15) is 36.2 Å². The smallest absolute Gasteiger partial charge is 0.295 e. The van der Waals surface area contributed by atoms with Gasteiger partial charge in [-0.15, -0.1) is 5.10 Å². The van der Waals surface area contributed by atoms with Gasteiger partial charge in [-0.05, 0) is 0 Å². The van der Waals surface area contributed by atoms with Crippen LogP contribution in [0, 0.1) is 0 Å². The summed E-state index contributed by atoms with van der Waals surface area (Å²) in [5.41, 5.74) is 0.619. The Morgan fingerprint density at radius 2 is 2.29 bits per heavy atom. The molecule has 0 radical (unpaired) electrons. The molecule has 0 fully saturated rings. The van der Waals surface area contributed by atoms with Crippen molar-refractivity contribution in [2.45, 2.75) is 19.8 Å². The van der Waals surface area contributed by atoms with Crippen molar-refractivity contribution < 1.29 is 4.79 Å². The SMILES string of the molecule is CC(C)c1nc(C(=O)Nc2cnn(C)c2)n[nH]1. The highest BCUT2D eigenvalue weighted by Crippen LogP contribution is 2.09. The minimum absolute atomic E-state index is 0.137. The fraction of sp³-hybridized carbons (Fsp3) is 0.400. The largest absolute Gasteiger partial charge is 0.316 e. The summed E-state index contributed by atoms with van der Waals surface area (Å²) in [4.78, 5) is 15.9. The molecule has 0 aromatic carbocycles. The molecule has 0 saturated heterocycles. The Kier molecular flexibility index (Phi) is 2.90. The van der Waals surface area contributed by atoms with Gasteiger partial charge in [0, 0.05) is 19.2 Å². The summed E-state index contributed by atoms with van der Waals surface area (Å²) in [5.74, 6) is 0.697. The molecule has 0 aliphatic heterocycles. The van der Waals surface area contributed by atoms with Crippen LogP contribution >= 0.6 is 0 Å². The average molecular weight is 234 g/mol. The Bertz CT molecular complexity index is 526. The van der Waals surface area contributed by atoms with Crippen molar-refractivity contribution in [3.63, 3.8) is 0 Å². The van der Waals surface area contributed by atoms with Crippen LogP contribution in [-0.4, -0.2) is 30.9 Å². The predicted molar refractivity (Wildman–Crippen MR) is 61.6 cm³/mol. The van der Waals surface area contributed by atoms with Crippen LogP contribution in [-0.2, 0) is 7.05 Å². The molecule has 7 heteroatoms. The molecular weight excluding hydrogens is 220 g/mol. The van der Waals surface area contributed by atoms with Crippen molar-refractivity contribution in [3.05, 3.63) is 24.0 Å². The van der Waals surface area contributed by atoms with E-state index in [1.807, 2.05) is 13.8 Å². The summed E-state index contributed by atoms with van der Waals surface area (Å²) in [6.45, 7) is 3.95. The Morgan fingerprint density at radius 3 is 2.82 bits per heavy atom. The number of nitrogens with one attached hydrogen (secondary N) is 2. The van der Waals surface area contributed by atoms with Gasteiger partial charge in [0.05, 0.1) is 11.9 Å². The number of hydrogen-bond donors (Lipinski definition) is 2. The summed E-state index contributed by atoms with van der Waals surface area (Å²) in [7, 11) is 1.78. The van der Waals surface area contributed by atoms with E-state index in [9.17, 15) is 4.79 Å². The number of hydrogen-bond acceptors (Lipinski definition) is 4. The minimum atomic E-state index is -0.346. The molecule has 2 N–H and O–H groups in total. The molecule has 7 nitrogen and oxygen atoms in total. The molecule has 2 heterocycles. The van der Waals surface area contributed by atoms with Crippen molar-refractivity contribution in [2.75, 3.05) is 5.32 Å². The van der Waals surface area contributed by atoms with Crippen LogP contribution in [0.25, 0.3) is 0 Å². The van der Waals surface area contributed by atoms with Crippen LogP contribution in [0.15, 0.2) is 12.4 Å². The van der Waals surface area contributed by atoms with Crippen molar-refractivity contribution in [1.29, 1.82) is 0 Å². The normalized spacial score (nSPS) is 10.8. The van der Waals surface area contributed by atoms with Gasteiger partial charge in [0.15, 0.2) is 0 Å². The molecule has 0 atom stereocenters. The number of rotatable bonds is 3. The highest BCUT2D eigenvalue weighted by molar-refractivity contribution is 6.01. The van der Waals surface area contributed by atoms with Crippen molar-refractivity contribution in [2.24, 2.45) is 7.05 Å². The molecule has 1 amide bonds. The second kappa shape index (κ2) is 4.36. The van der Waals surface area contributed by atoms with Gasteiger partial charge in [0.2, 0.25) is 5.82 Å². The standard InChI is InChI=1S/C10H14N6O/c1-6(2)8-13-9(15-14-8)10(17)12-7-4-11-16(3)5-7/h4-6H,1-3H3,(H,12,17)(H,13,14,15). The minimum Gasteiger partial charge on any atom is -0.316 e. The van der Waals surface area contributed by atoms with Crippen LogP contribution in [0.2, 0.25) is 0 Å². The second-order valence-corrected chi connectivity index (χ2v) is 4.06. The first-order valence-corrected chi connectivity index (χ1v) is 5.28. The first kappa shape index (κ1) is 11.3. The molecule has 0 bridgehead atoms. The van der Waals surface area contributed by atoms with Gasteiger partial charge in [-0.1, -0.05) is 13.8 Å². The van der Waals surface area contributed by atoms with E-state index in [0.717, 1.165) is 0 Å². The van der Waals surface area contributed by atoms with Gasteiger partial charge in [-0.3, -0.25) is 14.6 Å². The molecule has 90 valence electrons. The van der Waals surface area contributed by atoms with Crippen molar-refractivity contribution in [3.8, 4) is 0 Å². The topological polar surface area (TPSA) is 88.5 Å². The molecule has 17 heavy (non-hydrogen) atoms. The maximum Gasteiger partial charge on any atom is 0.295 e. The van der Waals surface area contributed by atoms with Gasteiger partial charge >= 0.3 is 0 Å². The Morgan fingerprint density at radius 1 is 1.53 bits per heavy atom. The van der Waals surface area contributed by atoms with E-state index < -0.39 is 0 Å². The number of carbonyl (C=O) groups is 1. The fourth-order valence-corrected chi connectivity index (χ4v) is 1.31. The number of H-pyrrole nitrogens is 1. The lowest BCUT2D eigenvalue weighted by Gasteiger charge is -1.97. The van der Waals surface area contributed by atoms with E-state index in [-0.39, 0.29) is 17.6 Å². The summed E-state index contributed by atoms with van der Waals surface area (Å²) < 4.78 is 1.60. The number of aryl methyl sites for hydroxylation is 1. The number of aromatic nitrogens is 5. The molecule has 2 aromatic heterocycles. The maximum absolute atomic E-state index is 11.8. The summed E-state index contributed by atoms with van der Waals surface area (Å²) in [5, 5.41) is 13.2. The first-order chi connectivity index (χ1) is 8.06. The third-order valence-corrected chi connectivity index (χ3v) is 2.22. The fourth-order valence-electron chi connectivity index (χ4n) is 1.31. The van der Waals surface area contributed by atoms with Crippen molar-refractivity contribution >= 4 is 11.6 Å². The molecular formula is C10H14N6O. The molecule has 0 aliphatic rings. The number of anilines is 1. The Labute approximate surface area is 98.2 Å². The maximum atomic E-state index is 11.8. The van der Waals surface area contributed by atoms with Gasteiger partial charge in [0.25, 0.3) is 5.91 Å². The molecule has 0 saturated carbocycles.